The van der Waals surface area contributed by atoms with E-state index in [1.807, 2.05) is 4.90 Å². The second-order valence-corrected chi connectivity index (χ2v) is 8.18. The van der Waals surface area contributed by atoms with Gasteiger partial charge in [0.05, 0.1) is 5.56 Å². The van der Waals surface area contributed by atoms with Crippen LogP contribution in [-0.4, -0.2) is 54.3 Å². The molecule has 1 heterocycles. The summed E-state index contributed by atoms with van der Waals surface area (Å²) in [6.07, 6.45) is 6.02. The summed E-state index contributed by atoms with van der Waals surface area (Å²) < 4.78 is 14.0. The van der Waals surface area contributed by atoms with E-state index in [2.05, 4.69) is 0 Å². The molecule has 2 fully saturated rings. The monoisotopic (exact) mass is 395 g/mol. The van der Waals surface area contributed by atoms with Crippen molar-refractivity contribution < 1.29 is 14.0 Å². The Balaban J connectivity index is 1.56. The average Bonchev–Trinajstić information content (AvgIpc) is 2.68. The molecular weight excluding hydrogens is 369 g/mol. The average molecular weight is 396 g/mol. The molecule has 0 radical (unpaired) electrons. The highest BCUT2D eigenvalue weighted by atomic mass is 35.5. The van der Waals surface area contributed by atoms with Gasteiger partial charge in [-0.15, -0.1) is 0 Å². The number of hydrogen-bond acceptors (Lipinski definition) is 3. The van der Waals surface area contributed by atoms with E-state index in [0.29, 0.717) is 39.1 Å². The number of piperazine rings is 1. The van der Waals surface area contributed by atoms with Gasteiger partial charge in [0.1, 0.15) is 5.82 Å². The fourth-order valence-electron chi connectivity index (χ4n) is 4.18. The first-order valence-electron chi connectivity index (χ1n) is 9.66. The fraction of sp³-hybridized carbons (Fsp3) is 0.600. The van der Waals surface area contributed by atoms with Gasteiger partial charge in [0.25, 0.3) is 5.91 Å². The van der Waals surface area contributed by atoms with Crippen molar-refractivity contribution in [3.05, 3.63) is 34.6 Å². The molecule has 27 heavy (non-hydrogen) atoms. The number of carbonyl (C=O) groups excluding carboxylic acids is 2. The van der Waals surface area contributed by atoms with Gasteiger partial charge < -0.3 is 15.5 Å². The Morgan fingerprint density at radius 3 is 2.30 bits per heavy atom. The summed E-state index contributed by atoms with van der Waals surface area (Å²) in [5.41, 5.74) is 5.95. The first-order valence-corrected chi connectivity index (χ1v) is 10.0. The summed E-state index contributed by atoms with van der Waals surface area (Å²) in [5, 5.41) is 0.260. The Hall–Kier alpha value is -1.66. The number of carbonyl (C=O) groups is 2. The number of benzene rings is 1. The molecule has 2 N–H and O–H groups in total. The molecule has 2 amide bonds. The largest absolute Gasteiger partial charge is 0.339 e. The number of hydrogen-bond donors (Lipinski definition) is 1. The topological polar surface area (TPSA) is 66.6 Å². The second kappa shape index (κ2) is 8.57. The molecule has 1 aliphatic heterocycles. The Morgan fingerprint density at radius 1 is 1.07 bits per heavy atom. The minimum Gasteiger partial charge on any atom is -0.339 e. The lowest BCUT2D eigenvalue weighted by Crippen LogP contribution is -2.52. The first kappa shape index (κ1) is 20.1. The van der Waals surface area contributed by atoms with Gasteiger partial charge in [-0.2, -0.15) is 0 Å². The molecule has 0 atom stereocenters. The summed E-state index contributed by atoms with van der Waals surface area (Å²) in [4.78, 5) is 28.7. The third-order valence-electron chi connectivity index (χ3n) is 5.95. The van der Waals surface area contributed by atoms with E-state index in [1.165, 1.54) is 18.6 Å². The Kier molecular flexibility index (Phi) is 6.37. The molecule has 2 aliphatic rings. The first-order chi connectivity index (χ1) is 12.9. The van der Waals surface area contributed by atoms with Crippen molar-refractivity contribution in [1.82, 2.24) is 9.80 Å². The van der Waals surface area contributed by atoms with Crippen LogP contribution < -0.4 is 5.73 Å². The van der Waals surface area contributed by atoms with E-state index in [4.69, 9.17) is 17.3 Å². The zero-order valence-electron chi connectivity index (χ0n) is 15.6. The number of amides is 2. The van der Waals surface area contributed by atoms with Crippen LogP contribution in [0.1, 0.15) is 48.9 Å². The summed E-state index contributed by atoms with van der Waals surface area (Å²) in [5.74, 6) is -0.859. The molecule has 3 rings (SSSR count). The number of rotatable bonds is 4. The van der Waals surface area contributed by atoms with Crippen molar-refractivity contribution in [2.24, 2.45) is 11.1 Å². The second-order valence-electron chi connectivity index (χ2n) is 7.74. The van der Waals surface area contributed by atoms with Gasteiger partial charge in [-0.3, -0.25) is 9.59 Å². The van der Waals surface area contributed by atoms with Gasteiger partial charge in [0.2, 0.25) is 5.91 Å². The van der Waals surface area contributed by atoms with Crippen LogP contribution in [0, 0.1) is 11.2 Å². The van der Waals surface area contributed by atoms with E-state index in [0.717, 1.165) is 31.7 Å². The molecule has 0 spiro atoms. The summed E-state index contributed by atoms with van der Waals surface area (Å²) in [6, 6.07) is 4.06. The summed E-state index contributed by atoms with van der Waals surface area (Å²) in [6.45, 7) is 2.30. The van der Waals surface area contributed by atoms with Crippen molar-refractivity contribution in [3.63, 3.8) is 0 Å². The maximum absolute atomic E-state index is 14.0. The Bertz CT molecular complexity index is 698. The highest BCUT2D eigenvalue weighted by Crippen LogP contribution is 2.38. The minimum atomic E-state index is -0.617. The molecule has 1 saturated heterocycles. The van der Waals surface area contributed by atoms with Crippen molar-refractivity contribution >= 4 is 23.4 Å². The SMILES string of the molecule is NCC1(CC(=O)N2CCN(C(=O)c3ccc(Cl)cc3F)CC2)CCCCC1. The third kappa shape index (κ3) is 4.61. The van der Waals surface area contributed by atoms with Gasteiger partial charge in [0.15, 0.2) is 0 Å². The molecule has 148 valence electrons. The van der Waals surface area contributed by atoms with Gasteiger partial charge in [0, 0.05) is 37.6 Å². The van der Waals surface area contributed by atoms with Crippen molar-refractivity contribution in [2.45, 2.75) is 38.5 Å². The standard InChI is InChI=1S/C20H27ClFN3O2/c21-15-4-5-16(17(22)12-15)19(27)25-10-8-24(9-11-25)18(26)13-20(14-23)6-2-1-3-7-20/h4-5,12H,1-3,6-11,13-14,23H2. The summed E-state index contributed by atoms with van der Waals surface area (Å²) in [7, 11) is 0. The molecule has 1 aliphatic carbocycles. The molecule has 0 bridgehead atoms. The maximum Gasteiger partial charge on any atom is 0.256 e. The smallest absolute Gasteiger partial charge is 0.256 e. The van der Waals surface area contributed by atoms with E-state index >= 15 is 0 Å². The zero-order chi connectivity index (χ0) is 19.4. The molecule has 0 aromatic heterocycles. The molecule has 1 aromatic rings. The predicted octanol–water partition coefficient (Wildman–Crippen LogP) is 3.06. The Morgan fingerprint density at radius 2 is 1.70 bits per heavy atom. The maximum atomic E-state index is 14.0. The molecule has 5 nitrogen and oxygen atoms in total. The van der Waals surface area contributed by atoms with Gasteiger partial charge in [-0.1, -0.05) is 30.9 Å². The summed E-state index contributed by atoms with van der Waals surface area (Å²) >= 11 is 5.75. The molecule has 1 saturated carbocycles. The quantitative estimate of drug-likeness (QED) is 0.851. The van der Waals surface area contributed by atoms with Crippen LogP contribution in [0.4, 0.5) is 4.39 Å². The fourth-order valence-corrected chi connectivity index (χ4v) is 4.34. The zero-order valence-corrected chi connectivity index (χ0v) is 16.3. The van der Waals surface area contributed by atoms with Gasteiger partial charge in [-0.05, 0) is 43.0 Å². The number of halogens is 2. The predicted molar refractivity (Wildman–Crippen MR) is 103 cm³/mol. The van der Waals surface area contributed by atoms with Crippen LogP contribution in [0.3, 0.4) is 0 Å². The third-order valence-corrected chi connectivity index (χ3v) is 6.19. The molecule has 7 heteroatoms. The van der Waals surface area contributed by atoms with Crippen LogP contribution in [0.2, 0.25) is 5.02 Å². The van der Waals surface area contributed by atoms with E-state index in [9.17, 15) is 14.0 Å². The van der Waals surface area contributed by atoms with Crippen molar-refractivity contribution in [3.8, 4) is 0 Å². The minimum absolute atomic E-state index is 0.0171. The van der Waals surface area contributed by atoms with E-state index in [-0.39, 0.29) is 27.8 Å². The lowest BCUT2D eigenvalue weighted by molar-refractivity contribution is -0.135. The molecule has 0 unspecified atom stereocenters. The lowest BCUT2D eigenvalue weighted by atomic mass is 9.71. The van der Waals surface area contributed by atoms with E-state index in [1.54, 1.807) is 4.90 Å². The number of nitrogens with two attached hydrogens (primary N) is 1. The van der Waals surface area contributed by atoms with Crippen molar-refractivity contribution in [2.75, 3.05) is 32.7 Å². The van der Waals surface area contributed by atoms with Crippen LogP contribution in [0.5, 0.6) is 0 Å². The normalized spacial score (nSPS) is 19.8. The lowest BCUT2D eigenvalue weighted by Gasteiger charge is -2.39. The van der Waals surface area contributed by atoms with Gasteiger partial charge in [-0.25, -0.2) is 4.39 Å². The Labute approximate surface area is 164 Å². The number of nitrogens with zero attached hydrogens (tertiary/aromatic N) is 2. The molecular formula is C20H27ClFN3O2. The highest BCUT2D eigenvalue weighted by molar-refractivity contribution is 6.30. The van der Waals surface area contributed by atoms with Crippen LogP contribution in [-0.2, 0) is 4.79 Å². The van der Waals surface area contributed by atoms with Crippen LogP contribution in [0.25, 0.3) is 0 Å². The van der Waals surface area contributed by atoms with Crippen LogP contribution in [0.15, 0.2) is 18.2 Å². The van der Waals surface area contributed by atoms with Crippen molar-refractivity contribution in [1.29, 1.82) is 0 Å². The van der Waals surface area contributed by atoms with Gasteiger partial charge >= 0.3 is 0 Å². The molecule has 1 aromatic carbocycles. The van der Waals surface area contributed by atoms with E-state index < -0.39 is 5.82 Å². The van der Waals surface area contributed by atoms with Crippen LogP contribution >= 0.6 is 11.6 Å². The highest BCUT2D eigenvalue weighted by Gasteiger charge is 2.35.